The second-order valence-electron chi connectivity index (χ2n) is 6.90. The van der Waals surface area contributed by atoms with Crippen LogP contribution in [0.4, 0.5) is 5.82 Å². The maximum absolute atomic E-state index is 12.9. The van der Waals surface area contributed by atoms with E-state index in [-0.39, 0.29) is 17.3 Å². The molecule has 1 amide bonds. The van der Waals surface area contributed by atoms with Gasteiger partial charge in [0.15, 0.2) is 16.2 Å². The van der Waals surface area contributed by atoms with Crippen LogP contribution < -0.4 is 10.0 Å². The van der Waals surface area contributed by atoms with E-state index in [2.05, 4.69) is 15.0 Å². The molecule has 2 aliphatic rings. The van der Waals surface area contributed by atoms with Gasteiger partial charge in [-0.2, -0.15) is 0 Å². The number of rotatable bonds is 1. The van der Waals surface area contributed by atoms with E-state index in [1.807, 2.05) is 0 Å². The fraction of sp³-hybridized carbons (Fsp3) is 0.333. The Bertz CT molecular complexity index is 940. The Labute approximate surface area is 163 Å². The summed E-state index contributed by atoms with van der Waals surface area (Å²) in [5.74, 6) is 0.134. The van der Waals surface area contributed by atoms with Crippen LogP contribution in [0.1, 0.15) is 23.2 Å². The van der Waals surface area contributed by atoms with E-state index in [1.54, 1.807) is 41.4 Å². The number of fused-ring (bicyclic) bond motifs is 1. The van der Waals surface area contributed by atoms with Gasteiger partial charge in [-0.15, -0.1) is 4.72 Å². The Morgan fingerprint density at radius 1 is 1.30 bits per heavy atom. The topological polar surface area (TPSA) is 97.4 Å². The maximum atomic E-state index is 12.9. The van der Waals surface area contributed by atoms with Crippen molar-refractivity contribution in [2.45, 2.75) is 23.3 Å². The number of hydrogen-bond donors (Lipinski definition) is 2. The van der Waals surface area contributed by atoms with Crippen LogP contribution in [0.15, 0.2) is 47.5 Å². The highest BCUT2D eigenvalue weighted by molar-refractivity contribution is 7.96. The first-order valence-corrected chi connectivity index (χ1v) is 10.5. The van der Waals surface area contributed by atoms with Crippen molar-refractivity contribution < 1.29 is 13.6 Å². The number of hydrogen-bond acceptors (Lipinski definition) is 5. The number of likely N-dealkylation sites (tertiary alicyclic amines) is 1. The van der Waals surface area contributed by atoms with Crippen LogP contribution in [0.5, 0.6) is 0 Å². The smallest absolute Gasteiger partial charge is 0.255 e. The predicted molar refractivity (Wildman–Crippen MR) is 102 cm³/mol. The van der Waals surface area contributed by atoms with Gasteiger partial charge in [0, 0.05) is 31.9 Å². The molecule has 2 N–H and O–H groups in total. The molecule has 2 aliphatic heterocycles. The zero-order valence-corrected chi connectivity index (χ0v) is 16.1. The second kappa shape index (κ2) is 6.87. The third kappa shape index (κ3) is 3.45. The summed E-state index contributed by atoms with van der Waals surface area (Å²) in [5, 5.41) is 3.52. The van der Waals surface area contributed by atoms with Crippen LogP contribution in [-0.2, 0) is 14.6 Å². The number of piperidine rings is 1. The first kappa shape index (κ1) is 18.4. The molecule has 0 aliphatic carbocycles. The van der Waals surface area contributed by atoms with Crippen molar-refractivity contribution in [1.82, 2.24) is 14.6 Å². The molecule has 2 aromatic rings. The number of sulfonamides is 1. The van der Waals surface area contributed by atoms with Crippen LogP contribution in [0, 0.1) is 0 Å². The standard InChI is InChI=1S/C18H19ClN4O3S/c19-14-6-2-1-5-13(14)17(24)23-10-4-8-18(12-23)11-21-16-15(7-3-9-20-16)27(25,26)22-18/h1-3,5-7,9H,4,8,10-12H2,(H2-,20,21,22,25,26). The fourth-order valence-electron chi connectivity index (χ4n) is 3.71. The van der Waals surface area contributed by atoms with E-state index >= 15 is 0 Å². The molecule has 1 spiro atoms. The number of aromatic nitrogens is 1. The Morgan fingerprint density at radius 2 is 2.11 bits per heavy atom. The highest BCUT2D eigenvalue weighted by atomic mass is 35.5. The number of halogens is 1. The summed E-state index contributed by atoms with van der Waals surface area (Å²) in [7, 11) is -3.75. The molecule has 7 nitrogen and oxygen atoms in total. The molecule has 2 unspecified atom stereocenters. The summed E-state index contributed by atoms with van der Waals surface area (Å²) in [4.78, 5) is 18.9. The first-order chi connectivity index (χ1) is 12.9. The zero-order chi connectivity index (χ0) is 19.1. The lowest BCUT2D eigenvalue weighted by atomic mass is 9.89. The first-order valence-electron chi connectivity index (χ1n) is 8.67. The summed E-state index contributed by atoms with van der Waals surface area (Å²) in [5.41, 5.74) is -0.375. The highest BCUT2D eigenvalue weighted by Gasteiger charge is 2.46. The number of carbonyl (C=O) groups excluding carboxylic acids is 1. The van der Waals surface area contributed by atoms with Crippen molar-refractivity contribution in [3.63, 3.8) is 0 Å². The molecule has 9 heteroatoms. The molecule has 1 aromatic heterocycles. The molecule has 2 atom stereocenters. The number of nitrogens with one attached hydrogen (secondary N) is 2. The molecule has 0 radical (unpaired) electrons. The van der Waals surface area contributed by atoms with Gasteiger partial charge in [0.05, 0.1) is 16.1 Å². The maximum Gasteiger partial charge on any atom is 0.255 e. The minimum absolute atomic E-state index is 0.122. The molecule has 3 heterocycles. The summed E-state index contributed by atoms with van der Waals surface area (Å²) in [6.07, 6.45) is 2.86. The SMILES string of the molecule is O=C(c1ccccc1Cl)N1CCCC2(CNc3ncccc3[S+](=O)([O-])N2)C1. The largest absolute Gasteiger partial charge is 0.593 e. The number of nitrogens with zero attached hydrogens (tertiary/aromatic N) is 2. The van der Waals surface area contributed by atoms with Crippen molar-refractivity contribution in [1.29, 1.82) is 0 Å². The van der Waals surface area contributed by atoms with Crippen molar-refractivity contribution in [3.8, 4) is 0 Å². The minimum atomic E-state index is -3.75. The normalized spacial score (nSPS) is 27.6. The van der Waals surface area contributed by atoms with Gasteiger partial charge in [-0.05, 0) is 31.0 Å². The Balaban J connectivity index is 1.62. The Morgan fingerprint density at radius 3 is 2.93 bits per heavy atom. The average molecular weight is 407 g/mol. The quantitative estimate of drug-likeness (QED) is 0.708. The van der Waals surface area contributed by atoms with E-state index in [0.29, 0.717) is 42.3 Å². The Kier molecular flexibility index (Phi) is 4.67. The van der Waals surface area contributed by atoms with Gasteiger partial charge in [-0.25, -0.2) is 4.98 Å². The number of benzene rings is 1. The molecular formula is C18H19ClN4O3S. The van der Waals surface area contributed by atoms with Crippen molar-refractivity contribution >= 4 is 33.7 Å². The molecule has 0 saturated carbocycles. The number of amides is 1. The fourth-order valence-corrected chi connectivity index (χ4v) is 5.48. The monoisotopic (exact) mass is 406 g/mol. The lowest BCUT2D eigenvalue weighted by molar-refractivity contribution is 0.0636. The number of pyridine rings is 1. The van der Waals surface area contributed by atoms with E-state index in [0.717, 1.165) is 0 Å². The Hall–Kier alpha value is -2.00. The second-order valence-corrected chi connectivity index (χ2v) is 8.96. The number of anilines is 1. The van der Waals surface area contributed by atoms with Crippen LogP contribution in [-0.4, -0.2) is 45.5 Å². The van der Waals surface area contributed by atoms with E-state index in [1.165, 1.54) is 6.07 Å². The predicted octanol–water partition coefficient (Wildman–Crippen LogP) is 2.33. The summed E-state index contributed by atoms with van der Waals surface area (Å²) in [6, 6.07) is 9.99. The van der Waals surface area contributed by atoms with Crippen LogP contribution in [0.25, 0.3) is 0 Å². The van der Waals surface area contributed by atoms with Crippen molar-refractivity contribution in [2.24, 2.45) is 0 Å². The minimum Gasteiger partial charge on any atom is -0.593 e. The van der Waals surface area contributed by atoms with Crippen molar-refractivity contribution in [3.05, 3.63) is 53.2 Å². The van der Waals surface area contributed by atoms with E-state index in [4.69, 9.17) is 11.6 Å². The zero-order valence-electron chi connectivity index (χ0n) is 14.5. The molecule has 142 valence electrons. The lowest BCUT2D eigenvalue weighted by Gasteiger charge is -2.42. The van der Waals surface area contributed by atoms with Gasteiger partial charge in [-0.3, -0.25) is 4.79 Å². The molecular weight excluding hydrogens is 388 g/mol. The van der Waals surface area contributed by atoms with Crippen molar-refractivity contribution in [2.75, 3.05) is 25.0 Å². The number of carbonyl (C=O) groups is 1. The third-order valence-electron chi connectivity index (χ3n) is 4.97. The molecule has 27 heavy (non-hydrogen) atoms. The van der Waals surface area contributed by atoms with Crippen LogP contribution in [0.3, 0.4) is 0 Å². The summed E-state index contributed by atoms with van der Waals surface area (Å²) >= 11 is 6.17. The van der Waals surface area contributed by atoms with Gasteiger partial charge in [-0.1, -0.05) is 27.9 Å². The third-order valence-corrected chi connectivity index (χ3v) is 6.91. The van der Waals surface area contributed by atoms with Gasteiger partial charge in [0.1, 0.15) is 0 Å². The van der Waals surface area contributed by atoms with Gasteiger partial charge < -0.3 is 14.8 Å². The molecule has 0 bridgehead atoms. The van der Waals surface area contributed by atoms with Gasteiger partial charge in [0.25, 0.3) is 5.91 Å². The van der Waals surface area contributed by atoms with Gasteiger partial charge >= 0.3 is 0 Å². The van der Waals surface area contributed by atoms with Gasteiger partial charge in [0.2, 0.25) is 4.90 Å². The molecule has 4 rings (SSSR count). The highest BCUT2D eigenvalue weighted by Crippen LogP contribution is 2.33. The molecule has 1 fully saturated rings. The molecule has 1 saturated heterocycles. The molecule has 1 aromatic carbocycles. The van der Waals surface area contributed by atoms with Crippen LogP contribution >= 0.6 is 11.6 Å². The lowest BCUT2D eigenvalue weighted by Crippen LogP contribution is -2.63. The van der Waals surface area contributed by atoms with E-state index < -0.39 is 15.9 Å². The average Bonchev–Trinajstić information content (AvgIpc) is 2.76. The van der Waals surface area contributed by atoms with E-state index in [9.17, 15) is 13.6 Å². The summed E-state index contributed by atoms with van der Waals surface area (Å²) in [6.45, 7) is 1.17. The van der Waals surface area contributed by atoms with Crippen LogP contribution in [0.2, 0.25) is 5.02 Å². The summed E-state index contributed by atoms with van der Waals surface area (Å²) < 4.78 is 28.5.